The fourth-order valence-electron chi connectivity index (χ4n) is 1.32. The predicted octanol–water partition coefficient (Wildman–Crippen LogP) is 2.80. The first-order chi connectivity index (χ1) is 10.3. The Hall–Kier alpha value is -3.56. The summed E-state index contributed by atoms with van der Waals surface area (Å²) in [4.78, 5) is 28.1. The molecular formula is C12H9N3O7. The van der Waals surface area contributed by atoms with Crippen LogP contribution in [0.5, 0.6) is 5.75 Å². The predicted molar refractivity (Wildman–Crippen MR) is 74.5 cm³/mol. The Bertz CT molecular complexity index is 624. The highest BCUT2D eigenvalue weighted by Gasteiger charge is 2.21. The molecule has 22 heavy (non-hydrogen) atoms. The lowest BCUT2D eigenvalue weighted by molar-refractivity contribution is -0.403. The van der Waals surface area contributed by atoms with Crippen molar-refractivity contribution in [3.8, 4) is 5.75 Å². The fourth-order valence-corrected chi connectivity index (χ4v) is 1.32. The monoisotopic (exact) mass is 307 g/mol. The van der Waals surface area contributed by atoms with Crippen molar-refractivity contribution in [2.24, 2.45) is 0 Å². The molecule has 0 unspecified atom stereocenters. The Labute approximate surface area is 122 Å². The molecule has 2 aromatic carbocycles. The summed E-state index contributed by atoms with van der Waals surface area (Å²) in [5.74, 6) is 0.322. The molecule has 114 valence electrons. The van der Waals surface area contributed by atoms with Crippen molar-refractivity contribution in [1.82, 2.24) is 0 Å². The van der Waals surface area contributed by atoms with E-state index in [1.165, 1.54) is 0 Å². The van der Waals surface area contributed by atoms with Gasteiger partial charge in [0.05, 0.1) is 33.0 Å². The number of hydrogen-bond donors (Lipinski definition) is 1. The summed E-state index contributed by atoms with van der Waals surface area (Å²) >= 11 is 0. The molecule has 0 aliphatic carbocycles. The summed E-state index contributed by atoms with van der Waals surface area (Å²) < 4.78 is 0. The zero-order chi connectivity index (χ0) is 16.7. The topological polar surface area (TPSA) is 150 Å². The average Bonchev–Trinajstić information content (AvgIpc) is 2.48. The molecule has 2 aromatic rings. The van der Waals surface area contributed by atoms with Gasteiger partial charge in [-0.3, -0.25) is 30.3 Å². The molecule has 0 saturated carbocycles. The zero-order valence-corrected chi connectivity index (χ0v) is 10.9. The van der Waals surface area contributed by atoms with Gasteiger partial charge in [-0.15, -0.1) is 0 Å². The first-order valence-corrected chi connectivity index (χ1v) is 5.63. The minimum absolute atomic E-state index is 0.322. The number of benzene rings is 2. The van der Waals surface area contributed by atoms with E-state index in [4.69, 9.17) is 5.11 Å². The molecule has 0 fully saturated rings. The summed E-state index contributed by atoms with van der Waals surface area (Å²) in [5, 5.41) is 39.6. The van der Waals surface area contributed by atoms with Crippen LogP contribution in [0.25, 0.3) is 0 Å². The van der Waals surface area contributed by atoms with Crippen molar-refractivity contribution >= 4 is 17.1 Å². The van der Waals surface area contributed by atoms with E-state index in [-0.39, 0.29) is 0 Å². The standard InChI is InChI=1S/C6H3N3O6.C6H6O/c10-7(11)4-1-5(8(12)13)3-6(2-4)9(14)15;7-6-4-2-1-3-5-6/h1-3H;1-5,7H. The number of nitro benzene ring substituents is 3. The molecule has 0 aliphatic heterocycles. The normalized spacial score (nSPS) is 9.27. The van der Waals surface area contributed by atoms with Crippen LogP contribution in [0.3, 0.4) is 0 Å². The van der Waals surface area contributed by atoms with E-state index in [9.17, 15) is 30.3 Å². The lowest BCUT2D eigenvalue weighted by atomic mass is 10.2. The summed E-state index contributed by atoms with van der Waals surface area (Å²) in [6.45, 7) is 0. The molecule has 1 N–H and O–H groups in total. The largest absolute Gasteiger partial charge is 0.508 e. The summed E-state index contributed by atoms with van der Waals surface area (Å²) in [7, 11) is 0. The summed E-state index contributed by atoms with van der Waals surface area (Å²) in [6, 6.07) is 10.7. The zero-order valence-electron chi connectivity index (χ0n) is 10.9. The van der Waals surface area contributed by atoms with E-state index in [0.29, 0.717) is 23.9 Å². The van der Waals surface area contributed by atoms with Crippen molar-refractivity contribution in [1.29, 1.82) is 0 Å². The van der Waals surface area contributed by atoms with Gasteiger partial charge in [0.1, 0.15) is 5.75 Å². The van der Waals surface area contributed by atoms with Crippen molar-refractivity contribution < 1.29 is 19.9 Å². The maximum Gasteiger partial charge on any atom is 0.283 e. The quantitative estimate of drug-likeness (QED) is 0.676. The van der Waals surface area contributed by atoms with Gasteiger partial charge >= 0.3 is 0 Å². The number of hydrogen-bond acceptors (Lipinski definition) is 7. The van der Waals surface area contributed by atoms with Crippen molar-refractivity contribution in [3.63, 3.8) is 0 Å². The fraction of sp³-hybridized carbons (Fsp3) is 0. The molecule has 0 radical (unpaired) electrons. The van der Waals surface area contributed by atoms with Gasteiger partial charge in [0.25, 0.3) is 17.1 Å². The highest BCUT2D eigenvalue weighted by atomic mass is 16.6. The molecule has 2 rings (SSSR count). The lowest BCUT2D eigenvalue weighted by Gasteiger charge is -1.93. The van der Waals surface area contributed by atoms with E-state index < -0.39 is 31.8 Å². The smallest absolute Gasteiger partial charge is 0.283 e. The van der Waals surface area contributed by atoms with Crippen molar-refractivity contribution in [2.45, 2.75) is 0 Å². The van der Waals surface area contributed by atoms with Gasteiger partial charge in [0.2, 0.25) is 0 Å². The third-order valence-electron chi connectivity index (χ3n) is 2.28. The molecule has 10 nitrogen and oxygen atoms in total. The maximum absolute atomic E-state index is 10.3. The van der Waals surface area contributed by atoms with Gasteiger partial charge in [-0.2, -0.15) is 0 Å². The number of phenolic OH excluding ortho intramolecular Hbond substituents is 1. The number of rotatable bonds is 3. The van der Waals surface area contributed by atoms with E-state index in [1.54, 1.807) is 24.3 Å². The number of non-ortho nitro benzene ring substituents is 3. The van der Waals surface area contributed by atoms with Crippen LogP contribution >= 0.6 is 0 Å². The molecular weight excluding hydrogens is 298 g/mol. The second-order valence-corrected chi connectivity index (χ2v) is 3.81. The second-order valence-electron chi connectivity index (χ2n) is 3.81. The first-order valence-electron chi connectivity index (χ1n) is 5.63. The molecule has 0 saturated heterocycles. The Kier molecular flexibility index (Phi) is 5.46. The molecule has 0 bridgehead atoms. The van der Waals surface area contributed by atoms with Gasteiger partial charge in [-0.1, -0.05) is 18.2 Å². The average molecular weight is 307 g/mol. The Morgan fingerprint density at radius 3 is 1.18 bits per heavy atom. The van der Waals surface area contributed by atoms with Crippen LogP contribution in [0.1, 0.15) is 0 Å². The molecule has 10 heteroatoms. The molecule has 0 aromatic heterocycles. The van der Waals surface area contributed by atoms with Crippen LogP contribution < -0.4 is 0 Å². The maximum atomic E-state index is 10.3. The Morgan fingerprint density at radius 1 is 0.682 bits per heavy atom. The van der Waals surface area contributed by atoms with Gasteiger partial charge in [-0.25, -0.2) is 0 Å². The number of phenols is 1. The Morgan fingerprint density at radius 2 is 1.00 bits per heavy atom. The number of aromatic hydroxyl groups is 1. The van der Waals surface area contributed by atoms with Gasteiger partial charge in [-0.05, 0) is 12.1 Å². The third-order valence-corrected chi connectivity index (χ3v) is 2.28. The van der Waals surface area contributed by atoms with E-state index in [2.05, 4.69) is 0 Å². The first kappa shape index (κ1) is 16.5. The highest BCUT2D eigenvalue weighted by Crippen LogP contribution is 2.26. The van der Waals surface area contributed by atoms with E-state index >= 15 is 0 Å². The molecule has 0 heterocycles. The van der Waals surface area contributed by atoms with E-state index in [0.717, 1.165) is 0 Å². The van der Waals surface area contributed by atoms with Crippen LogP contribution in [0, 0.1) is 30.3 Å². The van der Waals surface area contributed by atoms with Gasteiger partial charge in [0.15, 0.2) is 0 Å². The SMILES string of the molecule is O=[N+]([O-])c1cc([N+](=O)[O-])cc([N+](=O)[O-])c1.Oc1ccccc1. The highest BCUT2D eigenvalue weighted by molar-refractivity contribution is 5.52. The number of nitro groups is 3. The van der Waals surface area contributed by atoms with Crippen LogP contribution in [0.15, 0.2) is 48.5 Å². The lowest BCUT2D eigenvalue weighted by Crippen LogP contribution is -1.96. The van der Waals surface area contributed by atoms with Crippen molar-refractivity contribution in [2.75, 3.05) is 0 Å². The van der Waals surface area contributed by atoms with Crippen LogP contribution in [0.2, 0.25) is 0 Å². The van der Waals surface area contributed by atoms with Crippen LogP contribution in [0.4, 0.5) is 17.1 Å². The van der Waals surface area contributed by atoms with E-state index in [1.807, 2.05) is 6.07 Å². The van der Waals surface area contributed by atoms with Gasteiger partial charge in [0, 0.05) is 0 Å². The summed E-state index contributed by atoms with van der Waals surface area (Å²) in [5.41, 5.74) is -2.05. The van der Waals surface area contributed by atoms with Crippen LogP contribution in [-0.4, -0.2) is 19.9 Å². The third kappa shape index (κ3) is 4.85. The minimum Gasteiger partial charge on any atom is -0.508 e. The van der Waals surface area contributed by atoms with Gasteiger partial charge < -0.3 is 5.11 Å². The van der Waals surface area contributed by atoms with Crippen LogP contribution in [-0.2, 0) is 0 Å². The molecule has 0 amide bonds. The summed E-state index contributed by atoms with van der Waals surface area (Å²) in [6.07, 6.45) is 0. The Balaban J connectivity index is 0.000000287. The molecule has 0 aliphatic rings. The molecule has 0 atom stereocenters. The number of nitrogens with zero attached hydrogens (tertiary/aromatic N) is 3. The second kappa shape index (κ2) is 7.28. The minimum atomic E-state index is -0.931. The number of para-hydroxylation sites is 1. The van der Waals surface area contributed by atoms with Crippen molar-refractivity contribution in [3.05, 3.63) is 78.9 Å². The molecule has 0 spiro atoms.